The summed E-state index contributed by atoms with van der Waals surface area (Å²) in [6.07, 6.45) is 2.48. The summed E-state index contributed by atoms with van der Waals surface area (Å²) in [5.74, 6) is -0.287. The van der Waals surface area contributed by atoms with E-state index >= 15 is 0 Å². The molecule has 1 amide bonds. The van der Waals surface area contributed by atoms with E-state index in [9.17, 15) is 14.9 Å². The number of hydrogen-bond donors (Lipinski definition) is 2. The van der Waals surface area contributed by atoms with E-state index < -0.39 is 4.92 Å². The van der Waals surface area contributed by atoms with Crippen molar-refractivity contribution in [2.45, 2.75) is 19.4 Å². The van der Waals surface area contributed by atoms with Gasteiger partial charge in [-0.1, -0.05) is 42.5 Å². The zero-order valence-electron chi connectivity index (χ0n) is 18.1. The van der Waals surface area contributed by atoms with Gasteiger partial charge >= 0.3 is 0 Å². The van der Waals surface area contributed by atoms with Gasteiger partial charge in [-0.25, -0.2) is 0 Å². The van der Waals surface area contributed by atoms with Gasteiger partial charge in [0.15, 0.2) is 0 Å². The minimum Gasteiger partial charge on any atom is -0.354 e. The van der Waals surface area contributed by atoms with Crippen molar-refractivity contribution in [1.29, 1.82) is 0 Å². The molecule has 3 aromatic rings. The average Bonchev–Trinajstić information content (AvgIpc) is 3.44. The second-order valence-electron chi connectivity index (χ2n) is 8.37. The van der Waals surface area contributed by atoms with Gasteiger partial charge < -0.3 is 10.6 Å². The third kappa shape index (κ3) is 4.36. The normalized spacial score (nSPS) is 16.9. The number of nitrogens with one attached hydrogen (secondary N) is 2. The maximum atomic E-state index is 13.0. The molecule has 5 rings (SSSR count). The van der Waals surface area contributed by atoms with Crippen molar-refractivity contribution in [1.82, 2.24) is 4.90 Å². The molecular formula is C26H24N4O3. The molecule has 0 aliphatic carbocycles. The summed E-state index contributed by atoms with van der Waals surface area (Å²) in [4.78, 5) is 26.4. The van der Waals surface area contributed by atoms with Gasteiger partial charge in [0, 0.05) is 35.6 Å². The lowest BCUT2D eigenvalue weighted by Crippen LogP contribution is -2.18. The van der Waals surface area contributed by atoms with Crippen LogP contribution in [0, 0.1) is 10.1 Å². The third-order valence-electron chi connectivity index (χ3n) is 6.07. The highest BCUT2D eigenvalue weighted by Crippen LogP contribution is 2.39. The summed E-state index contributed by atoms with van der Waals surface area (Å²) in [5, 5.41) is 17.7. The second-order valence-corrected chi connectivity index (χ2v) is 8.37. The molecule has 1 saturated heterocycles. The molecule has 0 aromatic heterocycles. The molecule has 0 spiro atoms. The highest BCUT2D eigenvalue weighted by molar-refractivity contribution is 6.37. The average molecular weight is 441 g/mol. The number of nitro groups is 1. The predicted octanol–water partition coefficient (Wildman–Crippen LogP) is 5.12. The van der Waals surface area contributed by atoms with E-state index in [0.29, 0.717) is 22.5 Å². The topological polar surface area (TPSA) is 87.5 Å². The van der Waals surface area contributed by atoms with Crippen LogP contribution >= 0.6 is 0 Å². The van der Waals surface area contributed by atoms with Gasteiger partial charge in [0.05, 0.1) is 16.2 Å². The standard InChI is InChI=1S/C26H24N4O3/c31-26-24(22-16-21(30(32)33)11-12-23(22)28-26)25(19-8-2-1-3-9-19)27-20-10-6-7-18(15-20)17-29-13-4-5-14-29/h1-3,6-12,15-16,27H,4-5,13-14,17H2,(H,28,31)/b25-24-. The summed E-state index contributed by atoms with van der Waals surface area (Å²) in [7, 11) is 0. The summed E-state index contributed by atoms with van der Waals surface area (Å²) in [6.45, 7) is 3.13. The Kier molecular flexibility index (Phi) is 5.62. The molecule has 0 radical (unpaired) electrons. The van der Waals surface area contributed by atoms with Crippen LogP contribution in [-0.4, -0.2) is 28.8 Å². The van der Waals surface area contributed by atoms with Crippen LogP contribution in [0.1, 0.15) is 29.5 Å². The van der Waals surface area contributed by atoms with Gasteiger partial charge in [-0.2, -0.15) is 0 Å². The van der Waals surface area contributed by atoms with Crippen LogP contribution in [0.5, 0.6) is 0 Å². The fraction of sp³-hybridized carbons (Fsp3) is 0.192. The highest BCUT2D eigenvalue weighted by atomic mass is 16.6. The predicted molar refractivity (Wildman–Crippen MR) is 130 cm³/mol. The first-order chi connectivity index (χ1) is 16.1. The molecule has 2 N–H and O–H groups in total. The molecule has 0 atom stereocenters. The van der Waals surface area contributed by atoms with Crippen molar-refractivity contribution in [2.24, 2.45) is 0 Å². The Hall–Kier alpha value is -3.97. The smallest absolute Gasteiger partial charge is 0.270 e. The van der Waals surface area contributed by atoms with Crippen LogP contribution in [0.2, 0.25) is 0 Å². The first kappa shape index (κ1) is 20.9. The SMILES string of the molecule is O=C1Nc2ccc([N+](=O)[O-])cc2/C1=C(/Nc1cccc(CN2CCCC2)c1)c1ccccc1. The van der Waals surface area contributed by atoms with Crippen LogP contribution in [0.15, 0.2) is 72.8 Å². The van der Waals surface area contributed by atoms with Gasteiger partial charge in [-0.05, 0) is 55.3 Å². The fourth-order valence-corrected chi connectivity index (χ4v) is 4.49. The molecule has 7 nitrogen and oxygen atoms in total. The zero-order valence-corrected chi connectivity index (χ0v) is 18.1. The minimum atomic E-state index is -0.446. The number of hydrogen-bond acceptors (Lipinski definition) is 5. The van der Waals surface area contributed by atoms with E-state index in [2.05, 4.69) is 27.7 Å². The number of nitro benzene ring substituents is 1. The lowest BCUT2D eigenvalue weighted by atomic mass is 9.99. The summed E-state index contributed by atoms with van der Waals surface area (Å²) in [5.41, 5.74) is 4.94. The van der Waals surface area contributed by atoms with Crippen LogP contribution in [0.25, 0.3) is 11.3 Å². The van der Waals surface area contributed by atoms with Crippen molar-refractivity contribution in [3.05, 3.63) is 99.6 Å². The van der Waals surface area contributed by atoms with E-state index in [1.165, 1.54) is 30.5 Å². The Morgan fingerprint density at radius 2 is 1.79 bits per heavy atom. The van der Waals surface area contributed by atoms with E-state index in [-0.39, 0.29) is 11.6 Å². The molecule has 33 heavy (non-hydrogen) atoms. The largest absolute Gasteiger partial charge is 0.354 e. The number of carbonyl (C=O) groups is 1. The second kappa shape index (κ2) is 8.88. The van der Waals surface area contributed by atoms with Crippen LogP contribution in [0.3, 0.4) is 0 Å². The van der Waals surface area contributed by atoms with Crippen molar-refractivity contribution in [3.63, 3.8) is 0 Å². The monoisotopic (exact) mass is 440 g/mol. The molecule has 7 heteroatoms. The molecule has 2 aliphatic rings. The molecular weight excluding hydrogens is 416 g/mol. The number of anilines is 2. The third-order valence-corrected chi connectivity index (χ3v) is 6.07. The van der Waals surface area contributed by atoms with Gasteiger partial charge in [-0.3, -0.25) is 19.8 Å². The number of likely N-dealkylation sites (tertiary alicyclic amines) is 1. The van der Waals surface area contributed by atoms with E-state index in [4.69, 9.17) is 0 Å². The van der Waals surface area contributed by atoms with Gasteiger partial charge in [0.2, 0.25) is 0 Å². The van der Waals surface area contributed by atoms with Gasteiger partial charge in [-0.15, -0.1) is 0 Å². The fourth-order valence-electron chi connectivity index (χ4n) is 4.49. The maximum Gasteiger partial charge on any atom is 0.270 e. The number of nitrogens with zero attached hydrogens (tertiary/aromatic N) is 2. The Bertz CT molecular complexity index is 1250. The number of benzene rings is 3. The maximum absolute atomic E-state index is 13.0. The van der Waals surface area contributed by atoms with Crippen LogP contribution in [0.4, 0.5) is 17.1 Å². The zero-order chi connectivity index (χ0) is 22.8. The Morgan fingerprint density at radius 1 is 1.00 bits per heavy atom. The van der Waals surface area contributed by atoms with Gasteiger partial charge in [0.25, 0.3) is 11.6 Å². The number of rotatable bonds is 6. The summed E-state index contributed by atoms with van der Waals surface area (Å²) in [6, 6.07) is 22.2. The van der Waals surface area contributed by atoms with Crippen molar-refractivity contribution in [2.75, 3.05) is 23.7 Å². The Balaban J connectivity index is 1.58. The highest BCUT2D eigenvalue weighted by Gasteiger charge is 2.30. The van der Waals surface area contributed by atoms with E-state index in [1.54, 1.807) is 6.07 Å². The summed E-state index contributed by atoms with van der Waals surface area (Å²) < 4.78 is 0. The molecule has 0 unspecified atom stereocenters. The molecule has 1 fully saturated rings. The Morgan fingerprint density at radius 3 is 2.55 bits per heavy atom. The molecule has 0 bridgehead atoms. The summed E-state index contributed by atoms with van der Waals surface area (Å²) >= 11 is 0. The number of non-ortho nitro benzene ring substituents is 1. The number of fused-ring (bicyclic) bond motifs is 1. The van der Waals surface area contributed by atoms with Crippen molar-refractivity contribution >= 4 is 34.2 Å². The Labute approximate surface area is 191 Å². The van der Waals surface area contributed by atoms with Crippen LogP contribution in [-0.2, 0) is 11.3 Å². The quantitative estimate of drug-likeness (QED) is 0.315. The number of amides is 1. The molecule has 166 valence electrons. The number of carbonyl (C=O) groups excluding carboxylic acids is 1. The first-order valence-corrected chi connectivity index (χ1v) is 11.1. The van der Waals surface area contributed by atoms with Crippen LogP contribution < -0.4 is 10.6 Å². The van der Waals surface area contributed by atoms with E-state index in [1.807, 2.05) is 42.5 Å². The van der Waals surface area contributed by atoms with E-state index in [0.717, 1.165) is 30.9 Å². The van der Waals surface area contributed by atoms with Crippen molar-refractivity contribution < 1.29 is 9.72 Å². The lowest BCUT2D eigenvalue weighted by Gasteiger charge is -2.17. The molecule has 2 heterocycles. The molecule has 2 aliphatic heterocycles. The molecule has 0 saturated carbocycles. The van der Waals surface area contributed by atoms with Gasteiger partial charge in [0.1, 0.15) is 0 Å². The lowest BCUT2D eigenvalue weighted by molar-refractivity contribution is -0.384. The molecule has 3 aromatic carbocycles. The first-order valence-electron chi connectivity index (χ1n) is 11.1. The minimum absolute atomic E-state index is 0.0530. The van der Waals surface area contributed by atoms with Crippen molar-refractivity contribution in [3.8, 4) is 0 Å².